The normalized spacial score (nSPS) is 15.6. The summed E-state index contributed by atoms with van der Waals surface area (Å²) in [5, 5.41) is 0.970. The number of amides is 1. The van der Waals surface area contributed by atoms with Crippen LogP contribution in [0.3, 0.4) is 0 Å². The van der Waals surface area contributed by atoms with Gasteiger partial charge in [-0.05, 0) is 25.0 Å². The van der Waals surface area contributed by atoms with Gasteiger partial charge in [-0.1, -0.05) is 0 Å². The topological polar surface area (TPSA) is 68.7 Å². The van der Waals surface area contributed by atoms with Gasteiger partial charge in [-0.3, -0.25) is 4.79 Å². The van der Waals surface area contributed by atoms with E-state index in [-0.39, 0.29) is 24.4 Å². The van der Waals surface area contributed by atoms with Crippen LogP contribution in [0.2, 0.25) is 0 Å². The Morgan fingerprint density at radius 1 is 1.41 bits per heavy atom. The highest BCUT2D eigenvalue weighted by atomic mass is 35.5. The highest BCUT2D eigenvalue weighted by molar-refractivity contribution is 5.88. The maximum absolute atomic E-state index is 12.4. The molecule has 22 heavy (non-hydrogen) atoms. The fourth-order valence-corrected chi connectivity index (χ4v) is 2.75. The monoisotopic (exact) mass is 324 g/mol. The lowest BCUT2D eigenvalue weighted by molar-refractivity contribution is -0.131. The predicted molar refractivity (Wildman–Crippen MR) is 87.5 cm³/mol. The highest BCUT2D eigenvalue weighted by Gasteiger charge is 2.21. The van der Waals surface area contributed by atoms with Gasteiger partial charge in [0.25, 0.3) is 0 Å². The molecule has 0 saturated carbocycles. The molecule has 0 radical (unpaired) electrons. The van der Waals surface area contributed by atoms with Crippen molar-refractivity contribution in [3.05, 3.63) is 30.0 Å². The Labute approximate surface area is 135 Å². The van der Waals surface area contributed by atoms with E-state index in [1.165, 1.54) is 0 Å². The van der Waals surface area contributed by atoms with Crippen molar-refractivity contribution < 1.29 is 13.9 Å². The van der Waals surface area contributed by atoms with Crippen LogP contribution in [0, 0.1) is 0 Å². The van der Waals surface area contributed by atoms with Crippen molar-refractivity contribution >= 4 is 29.3 Å². The molecule has 1 saturated heterocycles. The molecule has 120 valence electrons. The maximum Gasteiger partial charge on any atom is 0.227 e. The third kappa shape index (κ3) is 3.36. The SMILES string of the molecule is COc1ccc2c(CC(=O)N3CCC(N)CC3)coc2c1.Cl. The smallest absolute Gasteiger partial charge is 0.227 e. The van der Waals surface area contributed by atoms with Crippen LogP contribution in [0.25, 0.3) is 11.0 Å². The second-order valence-corrected chi connectivity index (χ2v) is 5.52. The number of ether oxygens (including phenoxy) is 1. The standard InChI is InChI=1S/C16H20N2O3.ClH/c1-20-13-2-3-14-11(10-21-15(14)9-13)8-16(19)18-6-4-12(17)5-7-18;/h2-3,9-10,12H,4-8,17H2,1H3;1H. The van der Waals surface area contributed by atoms with Gasteiger partial charge < -0.3 is 19.8 Å². The fraction of sp³-hybridized carbons (Fsp3) is 0.438. The largest absolute Gasteiger partial charge is 0.497 e. The van der Waals surface area contributed by atoms with Crippen molar-refractivity contribution in [2.45, 2.75) is 25.3 Å². The van der Waals surface area contributed by atoms with Crippen LogP contribution in [-0.4, -0.2) is 37.0 Å². The van der Waals surface area contributed by atoms with E-state index in [1.54, 1.807) is 13.4 Å². The van der Waals surface area contributed by atoms with E-state index in [1.807, 2.05) is 23.1 Å². The minimum absolute atomic E-state index is 0. The molecule has 2 heterocycles. The number of fused-ring (bicyclic) bond motifs is 1. The van der Waals surface area contributed by atoms with Crippen molar-refractivity contribution in [3.63, 3.8) is 0 Å². The van der Waals surface area contributed by atoms with Gasteiger partial charge in [0.05, 0.1) is 19.8 Å². The third-order valence-corrected chi connectivity index (χ3v) is 4.10. The Balaban J connectivity index is 0.00000176. The Morgan fingerprint density at radius 2 is 2.14 bits per heavy atom. The van der Waals surface area contributed by atoms with Crippen LogP contribution in [0.5, 0.6) is 5.75 Å². The Hall–Kier alpha value is -1.72. The molecule has 5 nitrogen and oxygen atoms in total. The van der Waals surface area contributed by atoms with Crippen molar-refractivity contribution in [1.82, 2.24) is 4.90 Å². The summed E-state index contributed by atoms with van der Waals surface area (Å²) in [6.45, 7) is 1.51. The number of carbonyl (C=O) groups is 1. The maximum atomic E-state index is 12.4. The van der Waals surface area contributed by atoms with Crippen LogP contribution >= 0.6 is 12.4 Å². The number of nitrogens with two attached hydrogens (primary N) is 1. The summed E-state index contributed by atoms with van der Waals surface area (Å²) < 4.78 is 10.7. The number of benzene rings is 1. The summed E-state index contributed by atoms with van der Waals surface area (Å²) in [6, 6.07) is 5.89. The molecule has 2 aromatic rings. The molecule has 1 amide bonds. The van der Waals surface area contributed by atoms with Crippen molar-refractivity contribution in [1.29, 1.82) is 0 Å². The molecule has 0 aliphatic carbocycles. The Morgan fingerprint density at radius 3 is 2.82 bits per heavy atom. The number of carbonyl (C=O) groups excluding carboxylic acids is 1. The second kappa shape index (κ2) is 7.03. The van der Waals surface area contributed by atoms with E-state index in [0.29, 0.717) is 6.42 Å². The molecule has 0 unspecified atom stereocenters. The van der Waals surface area contributed by atoms with E-state index in [4.69, 9.17) is 14.9 Å². The predicted octanol–water partition coefficient (Wildman–Crippen LogP) is 2.36. The number of rotatable bonds is 3. The van der Waals surface area contributed by atoms with Gasteiger partial charge in [-0.25, -0.2) is 0 Å². The van der Waals surface area contributed by atoms with E-state index in [0.717, 1.165) is 48.2 Å². The average Bonchev–Trinajstić information content (AvgIpc) is 2.90. The van der Waals surface area contributed by atoms with Crippen molar-refractivity contribution in [3.8, 4) is 5.75 Å². The number of halogens is 1. The zero-order valence-corrected chi connectivity index (χ0v) is 13.4. The lowest BCUT2D eigenvalue weighted by Crippen LogP contribution is -2.43. The second-order valence-electron chi connectivity index (χ2n) is 5.52. The molecule has 1 aliphatic rings. The van der Waals surface area contributed by atoms with E-state index in [2.05, 4.69) is 0 Å². The number of methoxy groups -OCH3 is 1. The first-order valence-electron chi connectivity index (χ1n) is 7.25. The molecule has 1 aromatic carbocycles. The Bertz CT molecular complexity index is 648. The van der Waals surface area contributed by atoms with Crippen LogP contribution in [-0.2, 0) is 11.2 Å². The average molecular weight is 325 g/mol. The zero-order chi connectivity index (χ0) is 14.8. The first-order valence-corrected chi connectivity index (χ1v) is 7.25. The minimum atomic E-state index is 0. The zero-order valence-electron chi connectivity index (χ0n) is 12.6. The lowest BCUT2D eigenvalue weighted by atomic mass is 10.0. The quantitative estimate of drug-likeness (QED) is 0.941. The molecular formula is C16H21ClN2O3. The van der Waals surface area contributed by atoms with Gasteiger partial charge >= 0.3 is 0 Å². The van der Waals surface area contributed by atoms with Crippen LogP contribution < -0.4 is 10.5 Å². The number of hydrogen-bond donors (Lipinski definition) is 1. The summed E-state index contributed by atoms with van der Waals surface area (Å²) in [5.74, 6) is 0.889. The Kier molecular flexibility index (Phi) is 5.32. The molecule has 0 bridgehead atoms. The number of nitrogens with zero attached hydrogens (tertiary/aromatic N) is 1. The lowest BCUT2D eigenvalue weighted by Gasteiger charge is -2.30. The van der Waals surface area contributed by atoms with Crippen LogP contribution in [0.1, 0.15) is 18.4 Å². The molecule has 0 atom stereocenters. The summed E-state index contributed by atoms with van der Waals surface area (Å²) in [6.07, 6.45) is 3.80. The van der Waals surface area contributed by atoms with E-state index >= 15 is 0 Å². The van der Waals surface area contributed by atoms with Gasteiger partial charge in [0.2, 0.25) is 5.91 Å². The summed E-state index contributed by atoms with van der Waals surface area (Å²) in [5.41, 5.74) is 7.54. The van der Waals surface area contributed by atoms with Crippen LogP contribution in [0.4, 0.5) is 0 Å². The van der Waals surface area contributed by atoms with Gasteiger partial charge in [0.15, 0.2) is 0 Å². The first kappa shape index (κ1) is 16.6. The molecule has 0 spiro atoms. The number of piperidine rings is 1. The minimum Gasteiger partial charge on any atom is -0.497 e. The molecule has 2 N–H and O–H groups in total. The van der Waals surface area contributed by atoms with Crippen molar-refractivity contribution in [2.24, 2.45) is 5.73 Å². The summed E-state index contributed by atoms with van der Waals surface area (Å²) in [4.78, 5) is 14.3. The van der Waals surface area contributed by atoms with E-state index in [9.17, 15) is 4.79 Å². The molecule has 1 aliphatic heterocycles. The fourth-order valence-electron chi connectivity index (χ4n) is 2.75. The molecule has 1 fully saturated rings. The van der Waals surface area contributed by atoms with Gasteiger partial charge in [0.1, 0.15) is 11.3 Å². The molecule has 1 aromatic heterocycles. The molecular weight excluding hydrogens is 304 g/mol. The number of hydrogen-bond acceptors (Lipinski definition) is 4. The molecule has 3 rings (SSSR count). The summed E-state index contributed by atoms with van der Waals surface area (Å²) in [7, 11) is 1.62. The van der Waals surface area contributed by atoms with Gasteiger partial charge in [-0.15, -0.1) is 12.4 Å². The summed E-state index contributed by atoms with van der Waals surface area (Å²) >= 11 is 0. The third-order valence-electron chi connectivity index (χ3n) is 4.10. The molecule has 6 heteroatoms. The van der Waals surface area contributed by atoms with E-state index < -0.39 is 0 Å². The highest BCUT2D eigenvalue weighted by Crippen LogP contribution is 2.26. The van der Waals surface area contributed by atoms with Gasteiger partial charge in [0, 0.05) is 36.1 Å². The first-order chi connectivity index (χ1) is 10.2. The number of likely N-dealkylation sites (tertiary alicyclic amines) is 1. The van der Waals surface area contributed by atoms with Crippen LogP contribution in [0.15, 0.2) is 28.9 Å². The number of furan rings is 1. The van der Waals surface area contributed by atoms with Crippen molar-refractivity contribution in [2.75, 3.05) is 20.2 Å². The van der Waals surface area contributed by atoms with Gasteiger partial charge in [-0.2, -0.15) is 0 Å².